The van der Waals surface area contributed by atoms with Gasteiger partial charge in [0.05, 0.1) is 17.9 Å². The lowest BCUT2D eigenvalue weighted by Crippen LogP contribution is -2.49. The van der Waals surface area contributed by atoms with Crippen molar-refractivity contribution >= 4 is 23.5 Å². The Morgan fingerprint density at radius 1 is 1.16 bits per heavy atom. The Hall–Kier alpha value is -2.93. The minimum absolute atomic E-state index is 0.00583. The number of rotatable bonds is 4. The number of anilines is 1. The summed E-state index contributed by atoms with van der Waals surface area (Å²) in [5.74, 6) is 0.977. The van der Waals surface area contributed by atoms with Gasteiger partial charge in [-0.3, -0.25) is 9.89 Å². The predicted molar refractivity (Wildman–Crippen MR) is 124 cm³/mol. The Balaban J connectivity index is 1.34. The van der Waals surface area contributed by atoms with Crippen molar-refractivity contribution in [2.75, 3.05) is 24.5 Å². The molecule has 1 amide bonds. The number of likely N-dealkylation sites (tertiary alicyclic amines) is 1. The third kappa shape index (κ3) is 3.86. The van der Waals surface area contributed by atoms with E-state index in [-0.39, 0.29) is 17.4 Å². The van der Waals surface area contributed by atoms with E-state index >= 15 is 0 Å². The highest BCUT2D eigenvalue weighted by molar-refractivity contribution is 6.30. The molecule has 1 atom stereocenters. The molecule has 2 aliphatic heterocycles. The largest absolute Gasteiger partial charge is 0.341 e. The van der Waals surface area contributed by atoms with Crippen molar-refractivity contribution in [2.45, 2.75) is 38.6 Å². The van der Waals surface area contributed by atoms with Gasteiger partial charge in [0.2, 0.25) is 11.9 Å². The summed E-state index contributed by atoms with van der Waals surface area (Å²) in [6, 6.07) is 9.61. The highest BCUT2D eigenvalue weighted by Gasteiger charge is 2.44. The summed E-state index contributed by atoms with van der Waals surface area (Å²) >= 11 is 6.22. The van der Waals surface area contributed by atoms with Gasteiger partial charge >= 0.3 is 0 Å². The average Bonchev–Trinajstić information content (AvgIpc) is 3.49. The van der Waals surface area contributed by atoms with Crippen LogP contribution in [0, 0.1) is 5.41 Å². The fraction of sp³-hybridized carbons (Fsp3) is 0.417. The van der Waals surface area contributed by atoms with E-state index in [2.05, 4.69) is 36.9 Å². The van der Waals surface area contributed by atoms with Crippen molar-refractivity contribution in [1.82, 2.24) is 25.1 Å². The van der Waals surface area contributed by atoms with Crippen LogP contribution in [0.25, 0.3) is 11.1 Å². The van der Waals surface area contributed by atoms with Crippen LogP contribution in [0.15, 0.2) is 48.9 Å². The Labute approximate surface area is 192 Å². The molecule has 5 rings (SSSR count). The summed E-state index contributed by atoms with van der Waals surface area (Å²) in [4.78, 5) is 26.8. The molecule has 2 aliphatic rings. The molecule has 0 spiro atoms. The molecule has 0 aliphatic carbocycles. The van der Waals surface area contributed by atoms with Crippen LogP contribution in [-0.2, 0) is 4.79 Å². The molecule has 0 saturated carbocycles. The molecule has 1 aromatic carbocycles. The highest BCUT2D eigenvalue weighted by Crippen LogP contribution is 2.42. The van der Waals surface area contributed by atoms with E-state index < -0.39 is 0 Å². The zero-order valence-electron chi connectivity index (χ0n) is 18.2. The maximum absolute atomic E-state index is 13.8. The first-order valence-electron chi connectivity index (χ1n) is 11.2. The molecule has 2 fully saturated rings. The van der Waals surface area contributed by atoms with E-state index in [1.54, 1.807) is 12.4 Å². The molecule has 1 unspecified atom stereocenters. The summed E-state index contributed by atoms with van der Waals surface area (Å²) in [5, 5.41) is 8.19. The molecule has 2 saturated heterocycles. The van der Waals surface area contributed by atoms with Gasteiger partial charge in [-0.15, -0.1) is 0 Å². The third-order valence-corrected chi connectivity index (χ3v) is 7.10. The average molecular weight is 451 g/mol. The number of carbonyl (C=O) groups is 1. The van der Waals surface area contributed by atoms with Gasteiger partial charge in [-0.25, -0.2) is 9.97 Å². The van der Waals surface area contributed by atoms with Gasteiger partial charge in [-0.05, 0) is 49.4 Å². The maximum atomic E-state index is 13.8. The topological polar surface area (TPSA) is 78.0 Å². The quantitative estimate of drug-likeness (QED) is 0.633. The number of H-pyrrole nitrogens is 1. The number of carbonyl (C=O) groups excluding carboxylic acids is 1. The molecule has 7 nitrogen and oxygen atoms in total. The summed E-state index contributed by atoms with van der Waals surface area (Å²) < 4.78 is 0. The number of amides is 1. The first kappa shape index (κ1) is 20.9. The predicted octanol–water partition coefficient (Wildman–Crippen LogP) is 4.49. The van der Waals surface area contributed by atoms with Gasteiger partial charge in [0, 0.05) is 48.0 Å². The summed E-state index contributed by atoms with van der Waals surface area (Å²) in [6.07, 6.45) is 8.86. The number of aromatic nitrogens is 4. The van der Waals surface area contributed by atoms with Gasteiger partial charge in [0.1, 0.15) is 0 Å². The van der Waals surface area contributed by atoms with Crippen LogP contribution in [0.3, 0.4) is 0 Å². The van der Waals surface area contributed by atoms with Crippen LogP contribution in [0.5, 0.6) is 0 Å². The molecular formula is C24H27ClN6O. The summed E-state index contributed by atoms with van der Waals surface area (Å²) in [5.41, 5.74) is 2.64. The van der Waals surface area contributed by atoms with Crippen LogP contribution in [-0.4, -0.2) is 50.6 Å². The van der Waals surface area contributed by atoms with Crippen molar-refractivity contribution < 1.29 is 4.79 Å². The second-order valence-electron chi connectivity index (χ2n) is 8.96. The zero-order valence-corrected chi connectivity index (χ0v) is 18.9. The number of halogens is 1. The van der Waals surface area contributed by atoms with E-state index in [1.807, 2.05) is 36.5 Å². The Morgan fingerprint density at radius 2 is 1.94 bits per heavy atom. The minimum atomic E-state index is -0.385. The summed E-state index contributed by atoms with van der Waals surface area (Å²) in [7, 11) is 0. The summed E-state index contributed by atoms with van der Waals surface area (Å²) in [6.45, 7) is 4.45. The van der Waals surface area contributed by atoms with Crippen molar-refractivity contribution in [2.24, 2.45) is 5.41 Å². The molecule has 8 heteroatoms. The number of hydrogen-bond donors (Lipinski definition) is 1. The van der Waals surface area contributed by atoms with Crippen molar-refractivity contribution in [3.63, 3.8) is 0 Å². The standard InChI is InChI=1S/C24H27ClN6O/c1-24(8-13-30(14-9-24)23-26-10-4-11-27-23)22(32)31-12-3-7-20(31)21-19(16-28-29-21)17-5-2-6-18(25)15-17/h2,4-6,10-11,15-16,20H,3,7-9,12-14H2,1H3,(H,28,29). The zero-order chi connectivity index (χ0) is 22.1. The van der Waals surface area contributed by atoms with Crippen molar-refractivity contribution in [1.29, 1.82) is 0 Å². The lowest BCUT2D eigenvalue weighted by Gasteiger charge is -2.41. The first-order chi connectivity index (χ1) is 15.5. The van der Waals surface area contributed by atoms with Gasteiger partial charge < -0.3 is 9.80 Å². The van der Waals surface area contributed by atoms with Gasteiger partial charge in [-0.1, -0.05) is 30.7 Å². The smallest absolute Gasteiger partial charge is 0.229 e. The van der Waals surface area contributed by atoms with Crippen molar-refractivity contribution in [3.05, 3.63) is 59.6 Å². The van der Waals surface area contributed by atoms with Crippen LogP contribution < -0.4 is 4.90 Å². The van der Waals surface area contributed by atoms with E-state index in [0.29, 0.717) is 5.02 Å². The fourth-order valence-corrected chi connectivity index (χ4v) is 5.15. The molecule has 0 radical (unpaired) electrons. The molecule has 1 N–H and O–H groups in total. The molecule has 3 aromatic rings. The first-order valence-corrected chi connectivity index (χ1v) is 11.6. The van der Waals surface area contributed by atoms with Crippen LogP contribution >= 0.6 is 11.6 Å². The Kier molecular flexibility index (Phi) is 5.59. The fourth-order valence-electron chi connectivity index (χ4n) is 4.96. The molecule has 0 bridgehead atoms. The van der Waals surface area contributed by atoms with E-state index in [1.165, 1.54) is 0 Å². The lowest BCUT2D eigenvalue weighted by atomic mass is 9.78. The van der Waals surface area contributed by atoms with Crippen LogP contribution in [0.1, 0.15) is 44.3 Å². The molecule has 32 heavy (non-hydrogen) atoms. The minimum Gasteiger partial charge on any atom is -0.341 e. The number of aromatic amines is 1. The van der Waals surface area contributed by atoms with Crippen molar-refractivity contribution in [3.8, 4) is 11.1 Å². The highest BCUT2D eigenvalue weighted by atomic mass is 35.5. The number of hydrogen-bond acceptors (Lipinski definition) is 5. The normalized spacial score (nSPS) is 20.5. The van der Waals surface area contributed by atoms with Crippen LogP contribution in [0.2, 0.25) is 5.02 Å². The number of nitrogens with zero attached hydrogens (tertiary/aromatic N) is 5. The molecule has 166 valence electrons. The second-order valence-corrected chi connectivity index (χ2v) is 9.40. The van der Waals surface area contributed by atoms with Crippen LogP contribution in [0.4, 0.5) is 5.95 Å². The number of piperidine rings is 1. The van der Waals surface area contributed by atoms with E-state index in [0.717, 1.165) is 68.1 Å². The van der Waals surface area contributed by atoms with Gasteiger partial charge in [-0.2, -0.15) is 5.10 Å². The SMILES string of the molecule is CC1(C(=O)N2CCCC2c2[nH]ncc2-c2cccc(Cl)c2)CCN(c2ncccn2)CC1. The molecular weight excluding hydrogens is 424 g/mol. The molecule has 4 heterocycles. The lowest BCUT2D eigenvalue weighted by molar-refractivity contribution is -0.143. The Bertz CT molecular complexity index is 1090. The monoisotopic (exact) mass is 450 g/mol. The van der Waals surface area contributed by atoms with E-state index in [4.69, 9.17) is 11.6 Å². The number of nitrogens with one attached hydrogen (secondary N) is 1. The third-order valence-electron chi connectivity index (χ3n) is 6.87. The second kappa shape index (κ2) is 8.54. The maximum Gasteiger partial charge on any atom is 0.229 e. The Morgan fingerprint density at radius 3 is 2.69 bits per heavy atom. The van der Waals surface area contributed by atoms with E-state index in [9.17, 15) is 4.79 Å². The number of benzene rings is 1. The molecule has 2 aromatic heterocycles. The van der Waals surface area contributed by atoms with Gasteiger partial charge in [0.15, 0.2) is 0 Å². The van der Waals surface area contributed by atoms with Gasteiger partial charge in [0.25, 0.3) is 0 Å².